The number of rotatable bonds is 6. The first-order valence-electron chi connectivity index (χ1n) is 6.12. The summed E-state index contributed by atoms with van der Waals surface area (Å²) in [6.45, 7) is 7.02. The highest BCUT2D eigenvalue weighted by Gasteiger charge is 2.02. The molecule has 0 spiro atoms. The summed E-state index contributed by atoms with van der Waals surface area (Å²) in [4.78, 5) is 2.82. The van der Waals surface area contributed by atoms with Crippen molar-refractivity contribution in [2.45, 2.75) is 33.4 Å². The van der Waals surface area contributed by atoms with Crippen molar-refractivity contribution in [3.63, 3.8) is 0 Å². The quantitative estimate of drug-likeness (QED) is 0.853. The molecule has 1 N–H and O–H groups in total. The number of nitrogens with zero attached hydrogens (tertiary/aromatic N) is 2. The molecule has 2 aromatic rings. The Morgan fingerprint density at radius 2 is 2.06 bits per heavy atom. The highest BCUT2D eigenvalue weighted by atomic mass is 32.1. The van der Waals surface area contributed by atoms with Gasteiger partial charge in [-0.3, -0.25) is 4.68 Å². The first-order valence-corrected chi connectivity index (χ1v) is 6.94. The summed E-state index contributed by atoms with van der Waals surface area (Å²) in [7, 11) is 0. The Balaban J connectivity index is 1.96. The van der Waals surface area contributed by atoms with Gasteiger partial charge in [0.1, 0.15) is 0 Å². The first-order chi connectivity index (χ1) is 8.31. The van der Waals surface area contributed by atoms with Crippen LogP contribution in [0.4, 0.5) is 0 Å². The van der Waals surface area contributed by atoms with Crippen molar-refractivity contribution < 1.29 is 0 Å². The Hall–Kier alpha value is -1.13. The molecule has 0 amide bonds. The average molecular weight is 249 g/mol. The van der Waals surface area contributed by atoms with Crippen LogP contribution in [-0.4, -0.2) is 16.3 Å². The van der Waals surface area contributed by atoms with Crippen LogP contribution < -0.4 is 5.32 Å². The lowest BCUT2D eigenvalue weighted by molar-refractivity contribution is 0.648. The van der Waals surface area contributed by atoms with Gasteiger partial charge >= 0.3 is 0 Å². The van der Waals surface area contributed by atoms with E-state index in [9.17, 15) is 0 Å². The van der Waals surface area contributed by atoms with Gasteiger partial charge in [0.15, 0.2) is 0 Å². The number of hydrogen-bond acceptors (Lipinski definition) is 3. The maximum atomic E-state index is 4.54. The molecule has 0 saturated heterocycles. The number of aryl methyl sites for hydroxylation is 1. The lowest BCUT2D eigenvalue weighted by atomic mass is 10.4. The molecular weight excluding hydrogens is 230 g/mol. The second-order valence-electron chi connectivity index (χ2n) is 4.01. The predicted octanol–water partition coefficient (Wildman–Crippen LogP) is 2.66. The van der Waals surface area contributed by atoms with E-state index in [1.165, 1.54) is 9.75 Å². The van der Waals surface area contributed by atoms with E-state index in [4.69, 9.17) is 0 Å². The summed E-state index contributed by atoms with van der Waals surface area (Å²) in [6.07, 6.45) is 3.17. The van der Waals surface area contributed by atoms with Crippen molar-refractivity contribution in [1.29, 1.82) is 0 Å². The fourth-order valence-corrected chi connectivity index (χ4v) is 2.65. The molecule has 92 valence electrons. The van der Waals surface area contributed by atoms with Crippen LogP contribution in [0.15, 0.2) is 24.4 Å². The fourth-order valence-electron chi connectivity index (χ4n) is 1.70. The molecule has 0 unspecified atom stereocenters. The minimum absolute atomic E-state index is 0.855. The second-order valence-corrected chi connectivity index (χ2v) is 5.26. The van der Waals surface area contributed by atoms with E-state index >= 15 is 0 Å². The predicted molar refractivity (Wildman–Crippen MR) is 72.4 cm³/mol. The standard InChI is InChI=1S/C13H19N3S/c1-3-12-5-6-13(17-12)10-16-8-7-11(15-16)9-14-4-2/h5-8,14H,3-4,9-10H2,1-2H3. The van der Waals surface area contributed by atoms with E-state index in [2.05, 4.69) is 48.7 Å². The van der Waals surface area contributed by atoms with Crippen LogP contribution in [0, 0.1) is 0 Å². The molecule has 0 bridgehead atoms. The molecule has 2 rings (SSSR count). The van der Waals surface area contributed by atoms with Gasteiger partial charge in [-0.2, -0.15) is 5.10 Å². The van der Waals surface area contributed by atoms with Crippen molar-refractivity contribution in [2.24, 2.45) is 0 Å². The van der Waals surface area contributed by atoms with Gasteiger partial charge in [0.2, 0.25) is 0 Å². The minimum Gasteiger partial charge on any atom is -0.311 e. The third kappa shape index (κ3) is 3.41. The van der Waals surface area contributed by atoms with Gasteiger partial charge in [-0.15, -0.1) is 11.3 Å². The highest BCUT2D eigenvalue weighted by Crippen LogP contribution is 2.17. The zero-order chi connectivity index (χ0) is 12.1. The van der Waals surface area contributed by atoms with E-state index in [1.807, 2.05) is 16.0 Å². The summed E-state index contributed by atoms with van der Waals surface area (Å²) < 4.78 is 2.01. The van der Waals surface area contributed by atoms with Gasteiger partial charge in [0.05, 0.1) is 12.2 Å². The molecule has 0 radical (unpaired) electrons. The van der Waals surface area contributed by atoms with Crippen LogP contribution in [-0.2, 0) is 19.5 Å². The summed E-state index contributed by atoms with van der Waals surface area (Å²) in [5.41, 5.74) is 1.11. The molecule has 4 heteroatoms. The number of hydrogen-bond donors (Lipinski definition) is 1. The monoisotopic (exact) mass is 249 g/mol. The van der Waals surface area contributed by atoms with Gasteiger partial charge in [0, 0.05) is 22.5 Å². The third-order valence-corrected chi connectivity index (χ3v) is 3.85. The summed E-state index contributed by atoms with van der Waals surface area (Å²) in [5.74, 6) is 0. The van der Waals surface area contributed by atoms with Gasteiger partial charge in [-0.05, 0) is 31.2 Å². The largest absolute Gasteiger partial charge is 0.311 e. The van der Waals surface area contributed by atoms with E-state index in [0.29, 0.717) is 0 Å². The lowest BCUT2D eigenvalue weighted by Crippen LogP contribution is -2.12. The van der Waals surface area contributed by atoms with E-state index in [0.717, 1.165) is 31.7 Å². The molecule has 2 aromatic heterocycles. The van der Waals surface area contributed by atoms with E-state index in [-0.39, 0.29) is 0 Å². The molecule has 0 saturated carbocycles. The van der Waals surface area contributed by atoms with Gasteiger partial charge in [0.25, 0.3) is 0 Å². The topological polar surface area (TPSA) is 29.9 Å². The molecule has 0 aromatic carbocycles. The smallest absolute Gasteiger partial charge is 0.0762 e. The van der Waals surface area contributed by atoms with Crippen molar-refractivity contribution in [3.8, 4) is 0 Å². The molecule has 2 heterocycles. The van der Waals surface area contributed by atoms with Gasteiger partial charge in [-0.1, -0.05) is 13.8 Å². The Kier molecular flexibility index (Phi) is 4.34. The van der Waals surface area contributed by atoms with Gasteiger partial charge in [-0.25, -0.2) is 0 Å². The normalized spacial score (nSPS) is 10.9. The molecule has 0 aliphatic heterocycles. The zero-order valence-electron chi connectivity index (χ0n) is 10.4. The van der Waals surface area contributed by atoms with Crippen LogP contribution in [0.1, 0.15) is 29.3 Å². The fraction of sp³-hybridized carbons (Fsp3) is 0.462. The summed E-state index contributed by atoms with van der Waals surface area (Å²) >= 11 is 1.88. The molecular formula is C13H19N3S. The molecule has 0 atom stereocenters. The third-order valence-electron chi connectivity index (χ3n) is 2.64. The van der Waals surface area contributed by atoms with Crippen molar-refractivity contribution in [3.05, 3.63) is 39.8 Å². The number of aromatic nitrogens is 2. The van der Waals surface area contributed by atoms with Crippen LogP contribution in [0.3, 0.4) is 0 Å². The molecule has 3 nitrogen and oxygen atoms in total. The number of thiophene rings is 1. The SMILES string of the molecule is CCNCc1ccn(Cc2ccc(CC)s2)n1. The van der Waals surface area contributed by atoms with Crippen molar-refractivity contribution in [1.82, 2.24) is 15.1 Å². The van der Waals surface area contributed by atoms with Crippen molar-refractivity contribution >= 4 is 11.3 Å². The summed E-state index contributed by atoms with van der Waals surface area (Å²) in [5, 5.41) is 7.82. The zero-order valence-corrected chi connectivity index (χ0v) is 11.3. The van der Waals surface area contributed by atoms with Crippen LogP contribution in [0.2, 0.25) is 0 Å². The highest BCUT2D eigenvalue weighted by molar-refractivity contribution is 7.11. The molecule has 0 fully saturated rings. The maximum absolute atomic E-state index is 4.54. The van der Waals surface area contributed by atoms with Gasteiger partial charge < -0.3 is 5.32 Å². The number of nitrogens with one attached hydrogen (secondary N) is 1. The lowest BCUT2D eigenvalue weighted by Gasteiger charge is -1.99. The Morgan fingerprint density at radius 1 is 1.24 bits per heavy atom. The maximum Gasteiger partial charge on any atom is 0.0762 e. The van der Waals surface area contributed by atoms with Crippen LogP contribution in [0.5, 0.6) is 0 Å². The Labute approximate surface area is 106 Å². The first kappa shape index (κ1) is 12.3. The Bertz CT molecular complexity index is 459. The van der Waals surface area contributed by atoms with Crippen LogP contribution in [0.25, 0.3) is 0 Å². The van der Waals surface area contributed by atoms with Crippen molar-refractivity contribution in [2.75, 3.05) is 6.54 Å². The molecule has 0 aliphatic rings. The molecule has 17 heavy (non-hydrogen) atoms. The van der Waals surface area contributed by atoms with E-state index < -0.39 is 0 Å². The minimum atomic E-state index is 0.855. The second kappa shape index (κ2) is 5.98. The average Bonchev–Trinajstić information content (AvgIpc) is 2.96. The Morgan fingerprint density at radius 3 is 2.76 bits per heavy atom. The molecule has 0 aliphatic carbocycles. The van der Waals surface area contributed by atoms with E-state index in [1.54, 1.807) is 0 Å². The van der Waals surface area contributed by atoms with Crippen LogP contribution >= 0.6 is 11.3 Å². The summed E-state index contributed by atoms with van der Waals surface area (Å²) in [6, 6.07) is 6.50.